The molecule has 0 saturated heterocycles. The van der Waals surface area contributed by atoms with Crippen molar-refractivity contribution in [1.29, 1.82) is 5.26 Å². The Morgan fingerprint density at radius 1 is 1.29 bits per heavy atom. The van der Waals surface area contributed by atoms with E-state index >= 15 is 0 Å². The van der Waals surface area contributed by atoms with Crippen LogP contribution in [0.4, 0.5) is 4.39 Å². The molecule has 0 fully saturated rings. The Balaban J connectivity index is 2.73. The summed E-state index contributed by atoms with van der Waals surface area (Å²) in [6.45, 7) is 1.80. The van der Waals surface area contributed by atoms with Crippen molar-refractivity contribution in [2.75, 3.05) is 0 Å². The van der Waals surface area contributed by atoms with Crippen molar-refractivity contribution in [2.45, 2.75) is 6.92 Å². The molecule has 1 aromatic carbocycles. The second-order valence-corrected chi connectivity index (χ2v) is 4.05. The van der Waals surface area contributed by atoms with Gasteiger partial charge in [0.15, 0.2) is 0 Å². The van der Waals surface area contributed by atoms with Crippen LogP contribution in [0.15, 0.2) is 30.3 Å². The zero-order chi connectivity index (χ0) is 12.4. The van der Waals surface area contributed by atoms with E-state index in [1.54, 1.807) is 31.2 Å². The largest absolute Gasteiger partial charge is 0.349 e. The van der Waals surface area contributed by atoms with Crippen LogP contribution >= 0.6 is 12.2 Å². The number of nitrogens with one attached hydrogen (secondary N) is 1. The van der Waals surface area contributed by atoms with Crippen molar-refractivity contribution in [3.8, 4) is 17.2 Å². The van der Waals surface area contributed by atoms with Gasteiger partial charge in [0.05, 0.1) is 5.56 Å². The Morgan fingerprint density at radius 3 is 2.65 bits per heavy atom. The van der Waals surface area contributed by atoms with Gasteiger partial charge in [-0.2, -0.15) is 5.26 Å². The van der Waals surface area contributed by atoms with Crippen molar-refractivity contribution >= 4 is 12.2 Å². The minimum absolute atomic E-state index is 0.315. The molecule has 0 aliphatic carbocycles. The molecule has 0 radical (unpaired) electrons. The highest BCUT2D eigenvalue weighted by molar-refractivity contribution is 7.71. The summed E-state index contributed by atoms with van der Waals surface area (Å²) in [5.74, 6) is -0.315. The third-order valence-corrected chi connectivity index (χ3v) is 2.84. The van der Waals surface area contributed by atoms with Crippen molar-refractivity contribution < 1.29 is 4.39 Å². The first-order chi connectivity index (χ1) is 8.13. The van der Waals surface area contributed by atoms with E-state index in [4.69, 9.17) is 17.5 Å². The maximum atomic E-state index is 13.7. The average molecular weight is 244 g/mol. The quantitative estimate of drug-likeness (QED) is 0.776. The summed E-state index contributed by atoms with van der Waals surface area (Å²) in [5.41, 5.74) is 2.23. The first kappa shape index (κ1) is 11.5. The molecule has 84 valence electrons. The van der Waals surface area contributed by atoms with Crippen LogP contribution in [0.25, 0.3) is 11.1 Å². The number of hydrogen-bond donors (Lipinski definition) is 1. The summed E-state index contributed by atoms with van der Waals surface area (Å²) in [6, 6.07) is 10.1. The molecular formula is C13H9FN2S. The minimum atomic E-state index is -0.315. The van der Waals surface area contributed by atoms with Crippen LogP contribution < -0.4 is 0 Å². The number of H-pyrrole nitrogens is 1. The van der Waals surface area contributed by atoms with E-state index in [2.05, 4.69) is 4.98 Å². The molecular weight excluding hydrogens is 235 g/mol. The lowest BCUT2D eigenvalue weighted by atomic mass is 10.0. The van der Waals surface area contributed by atoms with Crippen molar-refractivity contribution in [3.63, 3.8) is 0 Å². The smallest absolute Gasteiger partial charge is 0.131 e. The van der Waals surface area contributed by atoms with Gasteiger partial charge in [-0.1, -0.05) is 30.4 Å². The first-order valence-corrected chi connectivity index (χ1v) is 5.43. The van der Waals surface area contributed by atoms with Crippen LogP contribution in [-0.2, 0) is 0 Å². The van der Waals surface area contributed by atoms with Crippen LogP contribution in [0.5, 0.6) is 0 Å². The second-order valence-electron chi connectivity index (χ2n) is 3.64. The highest BCUT2D eigenvalue weighted by Gasteiger charge is 2.09. The van der Waals surface area contributed by atoms with Gasteiger partial charge in [0.25, 0.3) is 0 Å². The van der Waals surface area contributed by atoms with Gasteiger partial charge in [0, 0.05) is 16.8 Å². The minimum Gasteiger partial charge on any atom is -0.349 e. The fourth-order valence-corrected chi connectivity index (χ4v) is 1.92. The van der Waals surface area contributed by atoms with Crippen molar-refractivity contribution in [2.24, 2.45) is 0 Å². The molecule has 2 nitrogen and oxygen atoms in total. The maximum Gasteiger partial charge on any atom is 0.131 e. The fourth-order valence-electron chi connectivity index (χ4n) is 1.67. The number of aryl methyl sites for hydroxylation is 1. The Labute approximate surface area is 103 Å². The van der Waals surface area contributed by atoms with Gasteiger partial charge in [-0.05, 0) is 19.1 Å². The lowest BCUT2D eigenvalue weighted by Gasteiger charge is -2.07. The Bertz CT molecular complexity index is 668. The molecule has 0 spiro atoms. The molecule has 0 aliphatic heterocycles. The Morgan fingerprint density at radius 2 is 2.00 bits per heavy atom. The van der Waals surface area contributed by atoms with Crippen LogP contribution in [0.3, 0.4) is 0 Å². The van der Waals surface area contributed by atoms with E-state index in [9.17, 15) is 4.39 Å². The lowest BCUT2D eigenvalue weighted by molar-refractivity contribution is 0.631. The van der Waals surface area contributed by atoms with Gasteiger partial charge in [-0.15, -0.1) is 0 Å². The summed E-state index contributed by atoms with van der Waals surface area (Å²) in [7, 11) is 0. The molecule has 2 rings (SSSR count). The number of aromatic nitrogens is 1. The number of rotatable bonds is 1. The SMILES string of the molecule is Cc1[nH]c(=S)c(C#N)cc1-c1ccccc1F. The van der Waals surface area contributed by atoms with Gasteiger partial charge in [0.1, 0.15) is 16.5 Å². The van der Waals surface area contributed by atoms with Crippen molar-refractivity contribution in [3.05, 3.63) is 52.0 Å². The Kier molecular flexibility index (Phi) is 3.03. The van der Waals surface area contributed by atoms with Gasteiger partial charge in [0.2, 0.25) is 0 Å². The molecule has 1 N–H and O–H groups in total. The summed E-state index contributed by atoms with van der Waals surface area (Å²) in [5, 5.41) is 8.92. The van der Waals surface area contributed by atoms with Crippen LogP contribution in [0, 0.1) is 28.7 Å². The zero-order valence-electron chi connectivity index (χ0n) is 9.12. The maximum absolute atomic E-state index is 13.7. The van der Waals surface area contributed by atoms with Crippen LogP contribution in [-0.4, -0.2) is 4.98 Å². The fraction of sp³-hybridized carbons (Fsp3) is 0.0769. The molecule has 0 unspecified atom stereocenters. The van der Waals surface area contributed by atoms with Gasteiger partial charge in [-0.25, -0.2) is 4.39 Å². The number of nitrogens with zero attached hydrogens (tertiary/aromatic N) is 1. The molecule has 0 atom stereocenters. The normalized spacial score (nSPS) is 9.94. The molecule has 2 aromatic rings. The molecule has 0 amide bonds. The second kappa shape index (κ2) is 4.48. The molecule has 4 heteroatoms. The summed E-state index contributed by atoms with van der Waals surface area (Å²) >= 11 is 5.01. The molecule has 0 aliphatic rings. The summed E-state index contributed by atoms with van der Waals surface area (Å²) < 4.78 is 14.0. The number of pyridine rings is 1. The molecule has 17 heavy (non-hydrogen) atoms. The molecule has 0 bridgehead atoms. The molecule has 1 aromatic heterocycles. The number of halogens is 1. The van der Waals surface area contributed by atoms with Gasteiger partial charge in [-0.3, -0.25) is 0 Å². The highest BCUT2D eigenvalue weighted by atomic mass is 32.1. The zero-order valence-corrected chi connectivity index (χ0v) is 9.94. The van der Waals surface area contributed by atoms with Crippen LogP contribution in [0.1, 0.15) is 11.3 Å². The van der Waals surface area contributed by atoms with E-state index < -0.39 is 0 Å². The predicted molar refractivity (Wildman–Crippen MR) is 66.5 cm³/mol. The standard InChI is InChI=1S/C13H9FN2S/c1-8-11(6-9(7-15)13(17)16-8)10-4-2-3-5-12(10)14/h2-6H,1H3,(H,16,17). The third kappa shape index (κ3) is 2.10. The van der Waals surface area contributed by atoms with Crippen LogP contribution in [0.2, 0.25) is 0 Å². The molecule has 0 saturated carbocycles. The van der Waals surface area contributed by atoms with Crippen molar-refractivity contribution in [1.82, 2.24) is 4.98 Å². The summed E-state index contributed by atoms with van der Waals surface area (Å²) in [4.78, 5) is 2.91. The number of aromatic amines is 1. The number of benzene rings is 1. The lowest BCUT2D eigenvalue weighted by Crippen LogP contribution is -1.93. The summed E-state index contributed by atoms with van der Waals surface area (Å²) in [6.07, 6.45) is 0. The molecule has 1 heterocycles. The van der Waals surface area contributed by atoms with E-state index in [0.717, 1.165) is 5.69 Å². The Hall–Kier alpha value is -1.99. The van der Waals surface area contributed by atoms with Gasteiger partial charge >= 0.3 is 0 Å². The number of hydrogen-bond acceptors (Lipinski definition) is 2. The average Bonchev–Trinajstić information content (AvgIpc) is 2.31. The highest BCUT2D eigenvalue weighted by Crippen LogP contribution is 2.25. The van der Waals surface area contributed by atoms with Gasteiger partial charge < -0.3 is 4.98 Å². The van der Waals surface area contributed by atoms with E-state index in [1.807, 2.05) is 6.07 Å². The van der Waals surface area contributed by atoms with E-state index in [-0.39, 0.29) is 5.82 Å². The van der Waals surface area contributed by atoms with E-state index in [0.29, 0.717) is 21.3 Å². The third-order valence-electron chi connectivity index (χ3n) is 2.52. The predicted octanol–water partition coefficient (Wildman–Crippen LogP) is 3.73. The number of nitriles is 1. The monoisotopic (exact) mass is 244 g/mol. The first-order valence-electron chi connectivity index (χ1n) is 5.02. The van der Waals surface area contributed by atoms with E-state index in [1.165, 1.54) is 6.07 Å². The topological polar surface area (TPSA) is 39.6 Å².